The van der Waals surface area contributed by atoms with Gasteiger partial charge >= 0.3 is 0 Å². The molecule has 2 rings (SSSR count). The molecule has 0 aliphatic heterocycles. The maximum Gasteiger partial charge on any atom is 0.269 e. The number of carbonyl (C=O) groups is 2. The fourth-order valence-corrected chi connectivity index (χ4v) is 1.96. The van der Waals surface area contributed by atoms with Gasteiger partial charge in [-0.1, -0.05) is 30.3 Å². The molecule has 0 atom stereocenters. The molecule has 2 aromatic rings. The van der Waals surface area contributed by atoms with Crippen LogP contribution in [0, 0.1) is 0 Å². The molecule has 6 heteroatoms. The van der Waals surface area contributed by atoms with Crippen molar-refractivity contribution < 1.29 is 19.1 Å². The molecule has 0 fully saturated rings. The van der Waals surface area contributed by atoms with Gasteiger partial charge in [0.1, 0.15) is 11.5 Å². The van der Waals surface area contributed by atoms with Gasteiger partial charge in [0.2, 0.25) is 5.91 Å². The van der Waals surface area contributed by atoms with Crippen LogP contribution in [0.3, 0.4) is 0 Å². The molecule has 0 radical (unpaired) electrons. The molecule has 23 heavy (non-hydrogen) atoms. The molecule has 0 unspecified atom stereocenters. The minimum Gasteiger partial charge on any atom is -0.497 e. The molecule has 2 N–H and O–H groups in total. The van der Waals surface area contributed by atoms with Gasteiger partial charge in [-0.3, -0.25) is 20.4 Å². The third-order valence-corrected chi connectivity index (χ3v) is 3.14. The summed E-state index contributed by atoms with van der Waals surface area (Å²) in [6.45, 7) is 0. The van der Waals surface area contributed by atoms with Gasteiger partial charge in [0.05, 0.1) is 20.6 Å². The summed E-state index contributed by atoms with van der Waals surface area (Å²) in [6.07, 6.45) is 0.183. The van der Waals surface area contributed by atoms with Gasteiger partial charge in [0.15, 0.2) is 0 Å². The third-order valence-electron chi connectivity index (χ3n) is 3.14. The van der Waals surface area contributed by atoms with Gasteiger partial charge in [0, 0.05) is 11.6 Å². The Morgan fingerprint density at radius 1 is 0.913 bits per heavy atom. The Kier molecular flexibility index (Phi) is 5.57. The number of amides is 2. The topological polar surface area (TPSA) is 76.7 Å². The first-order chi connectivity index (χ1) is 11.1. The fraction of sp³-hybridized carbons (Fsp3) is 0.176. The lowest BCUT2D eigenvalue weighted by Gasteiger charge is -2.10. The van der Waals surface area contributed by atoms with Crippen LogP contribution in [-0.4, -0.2) is 26.0 Å². The van der Waals surface area contributed by atoms with Crippen LogP contribution in [0.1, 0.15) is 15.9 Å². The van der Waals surface area contributed by atoms with Crippen molar-refractivity contribution >= 4 is 11.8 Å². The maximum absolute atomic E-state index is 12.1. The lowest BCUT2D eigenvalue weighted by molar-refractivity contribution is -0.121. The van der Waals surface area contributed by atoms with Gasteiger partial charge < -0.3 is 9.47 Å². The molecular weight excluding hydrogens is 296 g/mol. The summed E-state index contributed by atoms with van der Waals surface area (Å²) in [4.78, 5) is 23.9. The van der Waals surface area contributed by atoms with Crippen molar-refractivity contribution in [2.24, 2.45) is 0 Å². The Bertz CT molecular complexity index is 664. The van der Waals surface area contributed by atoms with E-state index in [4.69, 9.17) is 9.47 Å². The van der Waals surface area contributed by atoms with E-state index in [1.165, 1.54) is 14.2 Å². The number of rotatable bonds is 5. The fourth-order valence-electron chi connectivity index (χ4n) is 1.96. The number of hydrogen-bond acceptors (Lipinski definition) is 4. The van der Waals surface area contributed by atoms with E-state index in [2.05, 4.69) is 10.9 Å². The van der Waals surface area contributed by atoms with Crippen molar-refractivity contribution in [3.05, 3.63) is 59.7 Å². The van der Waals surface area contributed by atoms with Crippen molar-refractivity contribution in [2.75, 3.05) is 14.2 Å². The molecular formula is C17H18N2O4. The summed E-state index contributed by atoms with van der Waals surface area (Å²) in [7, 11) is 3.00. The van der Waals surface area contributed by atoms with E-state index in [9.17, 15) is 9.59 Å². The first-order valence-corrected chi connectivity index (χ1v) is 6.98. The summed E-state index contributed by atoms with van der Waals surface area (Å²) in [5, 5.41) is 0. The standard InChI is InChI=1S/C17H18N2O4/c1-22-14-9-13(10-15(11-14)23-2)17(21)19-18-16(20)8-12-6-4-3-5-7-12/h3-7,9-11H,8H2,1-2H3,(H,18,20)(H,19,21). The lowest BCUT2D eigenvalue weighted by Crippen LogP contribution is -2.42. The molecule has 0 heterocycles. The molecule has 0 aliphatic rings. The highest BCUT2D eigenvalue weighted by atomic mass is 16.5. The predicted molar refractivity (Wildman–Crippen MR) is 85.3 cm³/mol. The number of nitrogens with one attached hydrogen (secondary N) is 2. The lowest BCUT2D eigenvalue weighted by atomic mass is 10.1. The maximum atomic E-state index is 12.1. The summed E-state index contributed by atoms with van der Waals surface area (Å²) >= 11 is 0. The van der Waals surface area contributed by atoms with Crippen molar-refractivity contribution in [2.45, 2.75) is 6.42 Å². The SMILES string of the molecule is COc1cc(OC)cc(C(=O)NNC(=O)Cc2ccccc2)c1. The van der Waals surface area contributed by atoms with Crippen LogP contribution in [0.4, 0.5) is 0 Å². The van der Waals surface area contributed by atoms with Crippen LogP contribution >= 0.6 is 0 Å². The average molecular weight is 314 g/mol. The van der Waals surface area contributed by atoms with E-state index in [1.807, 2.05) is 30.3 Å². The number of hydrogen-bond donors (Lipinski definition) is 2. The second-order valence-corrected chi connectivity index (χ2v) is 4.77. The molecule has 0 saturated carbocycles. The average Bonchev–Trinajstić information content (AvgIpc) is 2.60. The third kappa shape index (κ3) is 4.74. The molecule has 0 bridgehead atoms. The number of methoxy groups -OCH3 is 2. The van der Waals surface area contributed by atoms with Crippen LogP contribution < -0.4 is 20.3 Å². The zero-order valence-corrected chi connectivity index (χ0v) is 13.0. The van der Waals surface area contributed by atoms with E-state index in [-0.39, 0.29) is 12.3 Å². The van der Waals surface area contributed by atoms with Crippen LogP contribution in [-0.2, 0) is 11.2 Å². The summed E-state index contributed by atoms with van der Waals surface area (Å²) in [5.74, 6) is 0.221. The molecule has 2 amide bonds. The summed E-state index contributed by atoms with van der Waals surface area (Å²) in [5.41, 5.74) is 5.94. The van der Waals surface area contributed by atoms with Gasteiger partial charge in [-0.25, -0.2) is 0 Å². The molecule has 0 aliphatic carbocycles. The quantitative estimate of drug-likeness (QED) is 0.824. The van der Waals surface area contributed by atoms with Crippen LogP contribution in [0.25, 0.3) is 0 Å². The number of carbonyl (C=O) groups excluding carboxylic acids is 2. The van der Waals surface area contributed by atoms with Gasteiger partial charge in [-0.05, 0) is 17.7 Å². The van der Waals surface area contributed by atoms with Crippen LogP contribution in [0.5, 0.6) is 11.5 Å². The normalized spacial score (nSPS) is 9.83. The Morgan fingerprint density at radius 2 is 1.52 bits per heavy atom. The second kappa shape index (κ2) is 7.84. The molecule has 120 valence electrons. The molecule has 2 aromatic carbocycles. The van der Waals surface area contributed by atoms with Crippen molar-refractivity contribution in [1.82, 2.24) is 10.9 Å². The van der Waals surface area contributed by atoms with E-state index in [0.29, 0.717) is 17.1 Å². The Hall–Kier alpha value is -3.02. The first kappa shape index (κ1) is 16.4. The second-order valence-electron chi connectivity index (χ2n) is 4.77. The predicted octanol–water partition coefficient (Wildman–Crippen LogP) is 1.71. The molecule has 0 spiro atoms. The molecule has 0 aromatic heterocycles. The van der Waals surface area contributed by atoms with Gasteiger partial charge in [0.25, 0.3) is 5.91 Å². The van der Waals surface area contributed by atoms with Crippen LogP contribution in [0.15, 0.2) is 48.5 Å². The first-order valence-electron chi connectivity index (χ1n) is 6.98. The summed E-state index contributed by atoms with van der Waals surface area (Å²) in [6, 6.07) is 14.0. The Balaban J connectivity index is 1.95. The van der Waals surface area contributed by atoms with E-state index >= 15 is 0 Å². The number of benzene rings is 2. The minimum atomic E-state index is -0.455. The summed E-state index contributed by atoms with van der Waals surface area (Å²) < 4.78 is 10.2. The highest BCUT2D eigenvalue weighted by molar-refractivity contribution is 5.96. The largest absolute Gasteiger partial charge is 0.497 e. The zero-order valence-electron chi connectivity index (χ0n) is 13.0. The zero-order chi connectivity index (χ0) is 16.7. The van der Waals surface area contributed by atoms with Gasteiger partial charge in [-0.2, -0.15) is 0 Å². The Labute approximate surface area is 134 Å². The smallest absolute Gasteiger partial charge is 0.269 e. The number of hydrazine groups is 1. The minimum absolute atomic E-state index is 0.183. The van der Waals surface area contributed by atoms with Crippen molar-refractivity contribution in [1.29, 1.82) is 0 Å². The molecule has 6 nitrogen and oxygen atoms in total. The highest BCUT2D eigenvalue weighted by Gasteiger charge is 2.11. The van der Waals surface area contributed by atoms with E-state index in [0.717, 1.165) is 5.56 Å². The number of ether oxygens (including phenoxy) is 2. The van der Waals surface area contributed by atoms with Gasteiger partial charge in [-0.15, -0.1) is 0 Å². The monoisotopic (exact) mass is 314 g/mol. The Morgan fingerprint density at radius 3 is 2.09 bits per heavy atom. The highest BCUT2D eigenvalue weighted by Crippen LogP contribution is 2.22. The van der Waals surface area contributed by atoms with Crippen molar-refractivity contribution in [3.8, 4) is 11.5 Å². The van der Waals surface area contributed by atoms with E-state index < -0.39 is 5.91 Å². The molecule has 0 saturated heterocycles. The van der Waals surface area contributed by atoms with E-state index in [1.54, 1.807) is 18.2 Å². The van der Waals surface area contributed by atoms with Crippen molar-refractivity contribution in [3.63, 3.8) is 0 Å². The van der Waals surface area contributed by atoms with Crippen LogP contribution in [0.2, 0.25) is 0 Å².